The Hall–Kier alpha value is -0.900. The summed E-state index contributed by atoms with van der Waals surface area (Å²) in [5, 5.41) is 2.90. The minimum Gasteiger partial charge on any atom is -0.351 e. The Morgan fingerprint density at radius 1 is 1.05 bits per heavy atom. The molecule has 1 aliphatic carbocycles. The molecule has 0 bridgehead atoms. The van der Waals surface area contributed by atoms with Crippen LogP contribution in [0.3, 0.4) is 0 Å². The van der Waals surface area contributed by atoms with Crippen molar-refractivity contribution in [2.24, 2.45) is 5.73 Å². The Labute approximate surface area is 129 Å². The third-order valence-corrected chi connectivity index (χ3v) is 4.33. The van der Waals surface area contributed by atoms with Crippen molar-refractivity contribution in [3.05, 3.63) is 0 Å². The quantitative estimate of drug-likeness (QED) is 0.454. The van der Waals surface area contributed by atoms with Crippen LogP contribution in [0.25, 0.3) is 0 Å². The lowest BCUT2D eigenvalue weighted by atomic mass is 10.1. The Kier molecular flexibility index (Phi) is 9.31. The molecule has 1 unspecified atom stereocenters. The second-order valence-electron chi connectivity index (χ2n) is 6.36. The monoisotopic (exact) mass is 296 g/mol. The molecule has 0 heterocycles. The van der Waals surface area contributed by atoms with Gasteiger partial charge in [0.1, 0.15) is 5.78 Å². The van der Waals surface area contributed by atoms with Crippen LogP contribution in [-0.2, 0) is 9.59 Å². The molecular weight excluding hydrogens is 264 g/mol. The van der Waals surface area contributed by atoms with E-state index in [1.54, 1.807) is 0 Å². The van der Waals surface area contributed by atoms with Gasteiger partial charge in [-0.3, -0.25) is 9.59 Å². The topological polar surface area (TPSA) is 72.2 Å². The molecule has 0 spiro atoms. The molecule has 0 saturated heterocycles. The van der Waals surface area contributed by atoms with Crippen LogP contribution >= 0.6 is 0 Å². The zero-order valence-corrected chi connectivity index (χ0v) is 13.5. The van der Waals surface area contributed by atoms with Gasteiger partial charge in [-0.1, -0.05) is 45.4 Å². The Morgan fingerprint density at radius 3 is 2.33 bits per heavy atom. The molecule has 0 aliphatic heterocycles. The van der Waals surface area contributed by atoms with Crippen molar-refractivity contribution < 1.29 is 9.59 Å². The normalized spacial score (nSPS) is 21.4. The van der Waals surface area contributed by atoms with Crippen molar-refractivity contribution in [3.8, 4) is 0 Å². The minimum absolute atomic E-state index is 0.0268. The van der Waals surface area contributed by atoms with E-state index in [0.29, 0.717) is 6.42 Å². The number of nitrogens with one attached hydrogen (secondary N) is 1. The summed E-state index contributed by atoms with van der Waals surface area (Å²) in [6.07, 6.45) is 11.9. The summed E-state index contributed by atoms with van der Waals surface area (Å²) >= 11 is 0. The summed E-state index contributed by atoms with van der Waals surface area (Å²) in [6.45, 7) is 2.21. The van der Waals surface area contributed by atoms with Gasteiger partial charge in [-0.2, -0.15) is 0 Å². The highest BCUT2D eigenvalue weighted by Crippen LogP contribution is 2.17. The summed E-state index contributed by atoms with van der Waals surface area (Å²) in [5.41, 5.74) is 5.91. The number of carbonyl (C=O) groups is 2. The minimum atomic E-state index is -0.148. The van der Waals surface area contributed by atoms with Gasteiger partial charge in [0.15, 0.2) is 0 Å². The van der Waals surface area contributed by atoms with Crippen molar-refractivity contribution >= 4 is 11.7 Å². The lowest BCUT2D eigenvalue weighted by Crippen LogP contribution is -2.44. The number of unbranched alkanes of at least 4 members (excludes halogenated alkanes) is 6. The average Bonchev–Trinajstić information content (AvgIpc) is 2.83. The van der Waals surface area contributed by atoms with Gasteiger partial charge < -0.3 is 11.1 Å². The third kappa shape index (κ3) is 8.20. The van der Waals surface area contributed by atoms with Gasteiger partial charge in [0.2, 0.25) is 5.91 Å². The number of hydrogen-bond donors (Lipinski definition) is 2. The van der Waals surface area contributed by atoms with Crippen molar-refractivity contribution in [1.82, 2.24) is 5.32 Å². The fourth-order valence-electron chi connectivity index (χ4n) is 2.97. The molecule has 0 aromatic heterocycles. The van der Waals surface area contributed by atoms with Crippen molar-refractivity contribution in [2.45, 2.75) is 96.1 Å². The fourth-order valence-corrected chi connectivity index (χ4v) is 2.97. The van der Waals surface area contributed by atoms with Crippen LogP contribution in [0.4, 0.5) is 0 Å². The maximum absolute atomic E-state index is 11.8. The second kappa shape index (κ2) is 10.8. The summed E-state index contributed by atoms with van der Waals surface area (Å²) in [5.74, 6) is -0.0853. The van der Waals surface area contributed by atoms with Gasteiger partial charge in [-0.15, -0.1) is 0 Å². The Bertz CT molecular complexity index is 318. The zero-order valence-electron chi connectivity index (χ0n) is 13.5. The van der Waals surface area contributed by atoms with Crippen LogP contribution in [-0.4, -0.2) is 23.8 Å². The van der Waals surface area contributed by atoms with Gasteiger partial charge in [0.25, 0.3) is 0 Å². The molecule has 0 aromatic carbocycles. The van der Waals surface area contributed by atoms with Crippen LogP contribution in [0.2, 0.25) is 0 Å². The summed E-state index contributed by atoms with van der Waals surface area (Å²) < 4.78 is 0. The van der Waals surface area contributed by atoms with Gasteiger partial charge in [-0.05, 0) is 25.7 Å². The molecule has 2 atom stereocenters. The largest absolute Gasteiger partial charge is 0.351 e. The number of amides is 1. The highest BCUT2D eigenvalue weighted by atomic mass is 16.2. The highest BCUT2D eigenvalue weighted by molar-refractivity contribution is 5.98. The first-order valence-electron chi connectivity index (χ1n) is 8.70. The molecule has 0 radical (unpaired) electrons. The molecule has 3 N–H and O–H groups in total. The molecular formula is C17H32N2O2. The van der Waals surface area contributed by atoms with E-state index < -0.39 is 0 Å². The lowest BCUT2D eigenvalue weighted by molar-refractivity contribution is -0.128. The van der Waals surface area contributed by atoms with E-state index in [-0.39, 0.29) is 30.2 Å². The number of Topliss-reactive ketones (excluding diaryl/α,β-unsaturated/α-hetero) is 1. The fraction of sp³-hybridized carbons (Fsp3) is 0.882. The molecule has 21 heavy (non-hydrogen) atoms. The predicted octanol–water partition coefficient (Wildman–Crippen LogP) is 3.08. The number of hydrogen-bond acceptors (Lipinski definition) is 3. The van der Waals surface area contributed by atoms with Crippen LogP contribution < -0.4 is 11.1 Å². The molecule has 1 fully saturated rings. The molecule has 0 aromatic rings. The summed E-state index contributed by atoms with van der Waals surface area (Å²) in [7, 11) is 0. The van der Waals surface area contributed by atoms with E-state index in [0.717, 1.165) is 32.1 Å². The SMILES string of the molecule is CCCCCCCCCC(=O)CC(=O)NC1CCC[C@@H]1N. The average molecular weight is 296 g/mol. The van der Waals surface area contributed by atoms with Crippen molar-refractivity contribution in [2.75, 3.05) is 0 Å². The van der Waals surface area contributed by atoms with Crippen LogP contribution in [0.1, 0.15) is 84.0 Å². The Morgan fingerprint density at radius 2 is 1.71 bits per heavy atom. The van der Waals surface area contributed by atoms with E-state index in [9.17, 15) is 9.59 Å². The molecule has 4 nitrogen and oxygen atoms in total. The lowest BCUT2D eigenvalue weighted by Gasteiger charge is -2.16. The second-order valence-corrected chi connectivity index (χ2v) is 6.36. The third-order valence-electron chi connectivity index (χ3n) is 4.33. The smallest absolute Gasteiger partial charge is 0.227 e. The van der Waals surface area contributed by atoms with Gasteiger partial charge in [0.05, 0.1) is 6.42 Å². The van der Waals surface area contributed by atoms with Crippen LogP contribution in [0.5, 0.6) is 0 Å². The van der Waals surface area contributed by atoms with E-state index in [1.807, 2.05) is 0 Å². The van der Waals surface area contributed by atoms with Gasteiger partial charge in [-0.25, -0.2) is 0 Å². The first-order chi connectivity index (χ1) is 10.1. The summed E-state index contributed by atoms with van der Waals surface area (Å²) in [6, 6.07) is 0.135. The first kappa shape index (κ1) is 18.1. The number of nitrogens with two attached hydrogens (primary N) is 1. The molecule has 1 aliphatic rings. The predicted molar refractivity (Wildman–Crippen MR) is 86.0 cm³/mol. The van der Waals surface area contributed by atoms with E-state index in [4.69, 9.17) is 5.73 Å². The van der Waals surface area contributed by atoms with Crippen LogP contribution in [0.15, 0.2) is 0 Å². The van der Waals surface area contributed by atoms with Crippen molar-refractivity contribution in [3.63, 3.8) is 0 Å². The van der Waals surface area contributed by atoms with E-state index in [1.165, 1.54) is 32.1 Å². The molecule has 4 heteroatoms. The first-order valence-corrected chi connectivity index (χ1v) is 8.70. The highest BCUT2D eigenvalue weighted by Gasteiger charge is 2.25. The van der Waals surface area contributed by atoms with Crippen molar-refractivity contribution in [1.29, 1.82) is 0 Å². The van der Waals surface area contributed by atoms with Gasteiger partial charge in [0, 0.05) is 18.5 Å². The van der Waals surface area contributed by atoms with E-state index >= 15 is 0 Å². The summed E-state index contributed by atoms with van der Waals surface area (Å²) in [4.78, 5) is 23.5. The van der Waals surface area contributed by atoms with Crippen LogP contribution in [0, 0.1) is 0 Å². The van der Waals surface area contributed by atoms with Gasteiger partial charge >= 0.3 is 0 Å². The molecule has 1 saturated carbocycles. The maximum Gasteiger partial charge on any atom is 0.227 e. The zero-order chi connectivity index (χ0) is 15.5. The number of carbonyl (C=O) groups excluding carboxylic acids is 2. The standard InChI is InChI=1S/C17H32N2O2/c1-2-3-4-5-6-7-8-10-14(20)13-17(21)19-16-12-9-11-15(16)18/h15-16H,2-13,18H2,1H3,(H,19,21)/t15-,16?/m0/s1. The molecule has 1 rings (SSSR count). The number of ketones is 1. The van der Waals surface area contributed by atoms with E-state index in [2.05, 4.69) is 12.2 Å². The molecule has 122 valence electrons. The maximum atomic E-state index is 11.8. The Balaban J connectivity index is 2.01. The molecule has 1 amide bonds. The number of rotatable bonds is 11.